The van der Waals surface area contributed by atoms with Gasteiger partial charge in [-0.05, 0) is 113 Å². The van der Waals surface area contributed by atoms with Crippen molar-refractivity contribution < 1.29 is 0 Å². The molecule has 0 spiro atoms. The lowest BCUT2D eigenvalue weighted by atomic mass is 9.94. The van der Waals surface area contributed by atoms with E-state index in [1.165, 1.54) is 88.1 Å². The molecule has 0 radical (unpaired) electrons. The fraction of sp³-hybridized carbons (Fsp3) is 0.0870. The van der Waals surface area contributed by atoms with E-state index in [4.69, 9.17) is 0 Å². The molecule has 0 atom stereocenters. The van der Waals surface area contributed by atoms with E-state index in [2.05, 4.69) is 181 Å². The molecular weight excluding hydrogens is 581 g/mol. The molecule has 0 aliphatic carbocycles. The minimum Gasteiger partial charge on any atom is -0.341 e. The summed E-state index contributed by atoms with van der Waals surface area (Å²) >= 11 is 0. The zero-order chi connectivity index (χ0) is 32.2. The van der Waals surface area contributed by atoms with Gasteiger partial charge in [-0.1, -0.05) is 103 Å². The standard InChI is InChI=1S/C46H36N2/c1-3-47-43-20-7-5-18-39(43)41-29-37(22-24-45(41)47)35-16-10-14-33(27-35)31-12-9-13-32(26-31)34-15-11-17-36(28-34)38-23-25-46-42(30-38)40-19-6-8-21-44(40)48(46)4-2/h5-30H,3-4H2,1-2H3. The first-order valence-corrected chi connectivity index (χ1v) is 17.0. The number of hydrogen-bond donors (Lipinski definition) is 0. The Morgan fingerprint density at radius 2 is 0.604 bits per heavy atom. The highest BCUT2D eigenvalue weighted by Crippen LogP contribution is 2.37. The fourth-order valence-corrected chi connectivity index (χ4v) is 7.78. The lowest BCUT2D eigenvalue weighted by Crippen LogP contribution is -1.92. The lowest BCUT2D eigenvalue weighted by molar-refractivity contribution is 0.827. The Morgan fingerprint density at radius 3 is 0.958 bits per heavy atom. The SMILES string of the molecule is CCn1c2ccccc2c2cc(-c3cccc(-c4cccc(-c5cccc(-c6ccc7c(c6)c6ccccc6n7CC)c5)c4)c3)ccc21. The third kappa shape index (κ3) is 4.56. The molecule has 230 valence electrons. The summed E-state index contributed by atoms with van der Waals surface area (Å²) in [6.07, 6.45) is 0. The second-order valence-electron chi connectivity index (χ2n) is 12.7. The molecular formula is C46H36N2. The normalized spacial score (nSPS) is 11.7. The summed E-state index contributed by atoms with van der Waals surface area (Å²) in [5.74, 6) is 0. The van der Waals surface area contributed by atoms with Crippen LogP contribution in [0.2, 0.25) is 0 Å². The van der Waals surface area contributed by atoms with Crippen LogP contribution in [-0.2, 0) is 13.1 Å². The maximum Gasteiger partial charge on any atom is 0.0491 e. The number of nitrogens with zero attached hydrogens (tertiary/aromatic N) is 2. The molecule has 0 unspecified atom stereocenters. The second-order valence-corrected chi connectivity index (χ2v) is 12.7. The quantitative estimate of drug-likeness (QED) is 0.176. The molecule has 9 rings (SSSR count). The summed E-state index contributed by atoms with van der Waals surface area (Å²) in [5, 5.41) is 5.25. The van der Waals surface area contributed by atoms with Crippen LogP contribution in [0.25, 0.3) is 88.1 Å². The number of rotatable bonds is 6. The van der Waals surface area contributed by atoms with Crippen molar-refractivity contribution in [2.75, 3.05) is 0 Å². The number of para-hydroxylation sites is 2. The van der Waals surface area contributed by atoms with Crippen LogP contribution in [0, 0.1) is 0 Å². The average Bonchev–Trinajstić information content (AvgIpc) is 3.66. The first kappa shape index (κ1) is 28.4. The molecule has 2 aromatic heterocycles. The van der Waals surface area contributed by atoms with E-state index < -0.39 is 0 Å². The molecule has 2 heteroatoms. The van der Waals surface area contributed by atoms with Gasteiger partial charge in [-0.3, -0.25) is 0 Å². The van der Waals surface area contributed by atoms with E-state index >= 15 is 0 Å². The smallest absolute Gasteiger partial charge is 0.0491 e. The van der Waals surface area contributed by atoms with Crippen LogP contribution >= 0.6 is 0 Å². The van der Waals surface area contributed by atoms with Gasteiger partial charge >= 0.3 is 0 Å². The first-order chi connectivity index (χ1) is 23.7. The number of hydrogen-bond acceptors (Lipinski definition) is 0. The van der Waals surface area contributed by atoms with Gasteiger partial charge < -0.3 is 9.13 Å². The Kier molecular flexibility index (Phi) is 6.76. The summed E-state index contributed by atoms with van der Waals surface area (Å²) < 4.78 is 4.82. The molecule has 0 bridgehead atoms. The van der Waals surface area contributed by atoms with Gasteiger partial charge in [0.15, 0.2) is 0 Å². The van der Waals surface area contributed by atoms with Gasteiger partial charge in [0.1, 0.15) is 0 Å². The monoisotopic (exact) mass is 616 g/mol. The second kappa shape index (κ2) is 11.4. The highest BCUT2D eigenvalue weighted by molar-refractivity contribution is 6.10. The molecule has 2 nitrogen and oxygen atoms in total. The third-order valence-electron chi connectivity index (χ3n) is 10.1. The lowest BCUT2D eigenvalue weighted by Gasteiger charge is -2.11. The van der Waals surface area contributed by atoms with Crippen molar-refractivity contribution in [1.29, 1.82) is 0 Å². The first-order valence-electron chi connectivity index (χ1n) is 17.0. The van der Waals surface area contributed by atoms with E-state index in [9.17, 15) is 0 Å². The van der Waals surface area contributed by atoms with Gasteiger partial charge in [-0.15, -0.1) is 0 Å². The van der Waals surface area contributed by atoms with Gasteiger partial charge in [-0.2, -0.15) is 0 Å². The molecule has 48 heavy (non-hydrogen) atoms. The van der Waals surface area contributed by atoms with Gasteiger partial charge in [0.25, 0.3) is 0 Å². The number of aryl methyl sites for hydroxylation is 2. The number of fused-ring (bicyclic) bond motifs is 6. The van der Waals surface area contributed by atoms with E-state index in [1.807, 2.05) is 0 Å². The van der Waals surface area contributed by atoms with Crippen LogP contribution in [0.5, 0.6) is 0 Å². The Hall–Kier alpha value is -5.86. The molecule has 2 heterocycles. The zero-order valence-corrected chi connectivity index (χ0v) is 27.3. The molecule has 0 N–H and O–H groups in total. The van der Waals surface area contributed by atoms with Crippen LogP contribution in [-0.4, -0.2) is 9.13 Å². The fourth-order valence-electron chi connectivity index (χ4n) is 7.78. The van der Waals surface area contributed by atoms with Crippen molar-refractivity contribution in [1.82, 2.24) is 9.13 Å². The Morgan fingerprint density at radius 1 is 0.292 bits per heavy atom. The zero-order valence-electron chi connectivity index (χ0n) is 27.3. The largest absolute Gasteiger partial charge is 0.341 e. The van der Waals surface area contributed by atoms with Crippen LogP contribution < -0.4 is 0 Å². The molecule has 0 amide bonds. The van der Waals surface area contributed by atoms with E-state index in [0.717, 1.165) is 13.1 Å². The van der Waals surface area contributed by atoms with Crippen molar-refractivity contribution >= 4 is 43.6 Å². The highest BCUT2D eigenvalue weighted by Gasteiger charge is 2.13. The van der Waals surface area contributed by atoms with Crippen molar-refractivity contribution in [3.8, 4) is 44.5 Å². The molecule has 0 fully saturated rings. The number of aromatic nitrogens is 2. The van der Waals surface area contributed by atoms with Gasteiger partial charge in [0, 0.05) is 56.7 Å². The summed E-state index contributed by atoms with van der Waals surface area (Å²) in [4.78, 5) is 0. The van der Waals surface area contributed by atoms with Crippen molar-refractivity contribution in [3.63, 3.8) is 0 Å². The molecule has 9 aromatic rings. The van der Waals surface area contributed by atoms with Crippen molar-refractivity contribution in [2.24, 2.45) is 0 Å². The summed E-state index contributed by atoms with van der Waals surface area (Å²) in [5.41, 5.74) is 15.0. The maximum atomic E-state index is 2.41. The van der Waals surface area contributed by atoms with Gasteiger partial charge in [0.2, 0.25) is 0 Å². The van der Waals surface area contributed by atoms with E-state index in [-0.39, 0.29) is 0 Å². The van der Waals surface area contributed by atoms with Crippen molar-refractivity contribution in [2.45, 2.75) is 26.9 Å². The molecule has 0 aliphatic heterocycles. The highest BCUT2D eigenvalue weighted by atomic mass is 15.0. The van der Waals surface area contributed by atoms with E-state index in [0.29, 0.717) is 0 Å². The Balaban J connectivity index is 1.07. The molecule has 0 saturated heterocycles. The molecule has 7 aromatic carbocycles. The summed E-state index contributed by atoms with van der Waals surface area (Å²) in [6.45, 7) is 6.36. The van der Waals surface area contributed by atoms with E-state index in [1.54, 1.807) is 0 Å². The van der Waals surface area contributed by atoms with Crippen molar-refractivity contribution in [3.05, 3.63) is 158 Å². The molecule has 0 saturated carbocycles. The number of benzene rings is 7. The minimum absolute atomic E-state index is 0.956. The third-order valence-corrected chi connectivity index (χ3v) is 10.1. The predicted molar refractivity (Wildman–Crippen MR) is 206 cm³/mol. The van der Waals surface area contributed by atoms with Crippen LogP contribution in [0.4, 0.5) is 0 Å². The maximum absolute atomic E-state index is 2.41. The van der Waals surface area contributed by atoms with Gasteiger partial charge in [0.05, 0.1) is 0 Å². The molecule has 0 aliphatic rings. The van der Waals surface area contributed by atoms with Crippen LogP contribution in [0.3, 0.4) is 0 Å². The minimum atomic E-state index is 0.956. The van der Waals surface area contributed by atoms with Crippen LogP contribution in [0.1, 0.15) is 13.8 Å². The Bertz CT molecular complexity index is 2470. The summed E-state index contributed by atoms with van der Waals surface area (Å²) in [7, 11) is 0. The van der Waals surface area contributed by atoms with Crippen LogP contribution in [0.15, 0.2) is 158 Å². The van der Waals surface area contributed by atoms with Gasteiger partial charge in [-0.25, -0.2) is 0 Å². The Labute approximate surface area is 281 Å². The topological polar surface area (TPSA) is 9.86 Å². The summed E-state index contributed by atoms with van der Waals surface area (Å²) in [6, 6.07) is 58.2. The predicted octanol–water partition coefficient (Wildman–Crippen LogP) is 12.6. The average molecular weight is 617 g/mol.